The summed E-state index contributed by atoms with van der Waals surface area (Å²) in [5.74, 6) is -0.192. The molecule has 9 heteroatoms. The van der Waals surface area contributed by atoms with Crippen LogP contribution in [0.5, 0.6) is 0 Å². The summed E-state index contributed by atoms with van der Waals surface area (Å²) >= 11 is 0. The smallest absolute Gasteiger partial charge is 0.220 e. The molecular weight excluding hydrogens is 1050 g/mol. The topological polar surface area (TPSA) is 149 Å². The van der Waals surface area contributed by atoms with Gasteiger partial charge in [0.2, 0.25) is 5.91 Å². The Bertz CT molecular complexity index is 1670. The predicted molar refractivity (Wildman–Crippen MR) is 364 cm³/mol. The highest BCUT2D eigenvalue weighted by Gasteiger charge is 2.44. The van der Waals surface area contributed by atoms with E-state index in [4.69, 9.17) is 9.47 Å². The molecular formula is C76H135NO8. The van der Waals surface area contributed by atoms with Gasteiger partial charge in [0.15, 0.2) is 6.29 Å². The molecule has 0 bridgehead atoms. The average molecular weight is 1190 g/mol. The van der Waals surface area contributed by atoms with Crippen molar-refractivity contribution in [3.05, 3.63) is 97.2 Å². The van der Waals surface area contributed by atoms with Crippen LogP contribution in [0.3, 0.4) is 0 Å². The maximum absolute atomic E-state index is 13.1. The molecule has 1 aliphatic rings. The third kappa shape index (κ3) is 52.7. The maximum Gasteiger partial charge on any atom is 0.220 e. The minimum Gasteiger partial charge on any atom is -0.394 e. The first-order valence-corrected chi connectivity index (χ1v) is 36.0. The number of hydrogen-bond acceptors (Lipinski definition) is 8. The minimum atomic E-state index is -1.58. The highest BCUT2D eigenvalue weighted by Crippen LogP contribution is 2.23. The van der Waals surface area contributed by atoms with Gasteiger partial charge in [-0.3, -0.25) is 4.79 Å². The van der Waals surface area contributed by atoms with Crippen molar-refractivity contribution in [2.24, 2.45) is 0 Å². The van der Waals surface area contributed by atoms with Gasteiger partial charge in [-0.2, -0.15) is 0 Å². The molecule has 1 heterocycles. The highest BCUT2D eigenvalue weighted by molar-refractivity contribution is 5.76. The van der Waals surface area contributed by atoms with E-state index in [2.05, 4.69) is 104 Å². The largest absolute Gasteiger partial charge is 0.394 e. The van der Waals surface area contributed by atoms with E-state index in [9.17, 15) is 30.3 Å². The number of allylic oxidation sites excluding steroid dienone is 15. The number of carbonyl (C=O) groups excluding carboxylic acids is 1. The molecule has 6 N–H and O–H groups in total. The van der Waals surface area contributed by atoms with Crippen LogP contribution in [0.15, 0.2) is 97.2 Å². The van der Waals surface area contributed by atoms with Gasteiger partial charge in [0, 0.05) is 6.42 Å². The van der Waals surface area contributed by atoms with Crippen LogP contribution in [-0.2, 0) is 14.3 Å². The molecule has 85 heavy (non-hydrogen) atoms. The van der Waals surface area contributed by atoms with Crippen LogP contribution in [0.25, 0.3) is 0 Å². The monoisotopic (exact) mass is 1190 g/mol. The van der Waals surface area contributed by atoms with Crippen LogP contribution in [0.4, 0.5) is 0 Å². The predicted octanol–water partition coefficient (Wildman–Crippen LogP) is 19.9. The molecule has 0 aromatic carbocycles. The Labute approximate surface area is 523 Å². The molecule has 1 saturated heterocycles. The molecule has 9 nitrogen and oxygen atoms in total. The first-order valence-electron chi connectivity index (χ1n) is 36.0. The first-order chi connectivity index (χ1) is 41.8. The summed E-state index contributed by atoms with van der Waals surface area (Å²) in [6.07, 6.45) is 86.6. The van der Waals surface area contributed by atoms with Gasteiger partial charge >= 0.3 is 0 Å². The van der Waals surface area contributed by atoms with Gasteiger partial charge in [0.25, 0.3) is 0 Å². The fourth-order valence-corrected chi connectivity index (χ4v) is 11.1. The number of hydrogen-bond donors (Lipinski definition) is 6. The summed E-state index contributed by atoms with van der Waals surface area (Å²) in [5, 5.41) is 54.8. The Kier molecular flexibility index (Phi) is 60.4. The molecule has 7 unspecified atom stereocenters. The van der Waals surface area contributed by atoms with Gasteiger partial charge in [-0.15, -0.1) is 0 Å². The molecule has 1 rings (SSSR count). The Morgan fingerprint density at radius 3 is 1.13 bits per heavy atom. The second kappa shape index (κ2) is 64.1. The molecule has 0 aromatic rings. The Morgan fingerprint density at radius 2 is 0.741 bits per heavy atom. The van der Waals surface area contributed by atoms with E-state index in [1.165, 1.54) is 212 Å². The van der Waals surface area contributed by atoms with E-state index in [-0.39, 0.29) is 12.5 Å². The van der Waals surface area contributed by atoms with Crippen LogP contribution < -0.4 is 5.32 Å². The molecule has 0 spiro atoms. The van der Waals surface area contributed by atoms with Crippen molar-refractivity contribution in [1.29, 1.82) is 0 Å². The van der Waals surface area contributed by atoms with Crippen molar-refractivity contribution >= 4 is 5.91 Å². The fraction of sp³-hybridized carbons (Fsp3) is 0.776. The van der Waals surface area contributed by atoms with Gasteiger partial charge < -0.3 is 40.3 Å². The average Bonchev–Trinajstić information content (AvgIpc) is 3.56. The first kappa shape index (κ1) is 80.1. The molecule has 1 fully saturated rings. The quantitative estimate of drug-likeness (QED) is 0.0261. The van der Waals surface area contributed by atoms with Crippen LogP contribution in [-0.4, -0.2) is 87.5 Å². The molecule has 0 aliphatic carbocycles. The van der Waals surface area contributed by atoms with Crippen molar-refractivity contribution in [1.82, 2.24) is 5.32 Å². The number of unbranched alkanes of at least 4 members (excludes halogenated alkanes) is 38. The normalized spacial score (nSPS) is 18.7. The number of nitrogens with one attached hydrogen (secondary N) is 1. The summed E-state index contributed by atoms with van der Waals surface area (Å²) in [7, 11) is 0. The van der Waals surface area contributed by atoms with Crippen LogP contribution in [0.2, 0.25) is 0 Å². The molecule has 0 saturated carbocycles. The number of aliphatic hydroxyl groups excluding tert-OH is 5. The lowest BCUT2D eigenvalue weighted by molar-refractivity contribution is -0.302. The fourth-order valence-electron chi connectivity index (χ4n) is 11.1. The van der Waals surface area contributed by atoms with Gasteiger partial charge in [0.1, 0.15) is 24.4 Å². The Hall–Kier alpha value is -2.89. The summed E-state index contributed by atoms with van der Waals surface area (Å²) in [6, 6.07) is -0.833. The van der Waals surface area contributed by atoms with Gasteiger partial charge in [0.05, 0.1) is 25.4 Å². The summed E-state index contributed by atoms with van der Waals surface area (Å²) in [5.41, 5.74) is 0. The standard InChI is InChI=1S/C76H135NO8/c1-3-5-7-9-11-13-15-17-19-21-23-25-27-29-31-33-34-35-36-38-39-41-43-45-47-49-51-53-55-57-59-61-63-65-70(79)69(68-84-76-75(83)74(82)73(81)71(67-78)85-76)77-72(80)66-64-62-60-58-56-54-52-50-48-46-44-42-40-37-32-30-28-26-24-22-20-18-16-14-12-10-8-6-4-2/h6,8,12,14,18,20,24,26,30,32,40,42,55,57,63,65,69-71,73-76,78-79,81-83H,3-5,7,9-11,13,15-17,19,21-23,25,27-29,31,33-39,41,43-54,56,58-62,64,66-68H2,1-2H3,(H,77,80)/b8-6-,14-12-,20-18-,26-24-,32-30-,42-40-,57-55+,65-63+. The van der Waals surface area contributed by atoms with E-state index < -0.39 is 49.5 Å². The zero-order chi connectivity index (χ0) is 61.4. The number of ether oxygens (including phenoxy) is 2. The molecule has 492 valence electrons. The maximum atomic E-state index is 13.1. The van der Waals surface area contributed by atoms with Gasteiger partial charge in [-0.05, 0) is 83.5 Å². The molecule has 0 aromatic heterocycles. The van der Waals surface area contributed by atoms with E-state index in [1.807, 2.05) is 6.08 Å². The number of carbonyl (C=O) groups is 1. The highest BCUT2D eigenvalue weighted by atomic mass is 16.7. The third-order valence-corrected chi connectivity index (χ3v) is 16.6. The van der Waals surface area contributed by atoms with Gasteiger partial charge in [-0.1, -0.05) is 329 Å². The van der Waals surface area contributed by atoms with Gasteiger partial charge in [-0.25, -0.2) is 0 Å². The second-order valence-electron chi connectivity index (χ2n) is 24.6. The van der Waals surface area contributed by atoms with Crippen molar-refractivity contribution in [3.8, 4) is 0 Å². The van der Waals surface area contributed by atoms with E-state index in [1.54, 1.807) is 6.08 Å². The molecule has 0 radical (unpaired) electrons. The lowest BCUT2D eigenvalue weighted by Crippen LogP contribution is -2.60. The SMILES string of the molecule is CC/C=C\C/C=C\C/C=C\C/C=C\C/C=C\C/C=C\CCCCCCCCCCCCC(=O)NC(COC1OC(CO)C(O)C(O)C1O)C(O)/C=C/CC/C=C/CCCCCCCCCCCCCCCCCCCCCCCCCCCCC. The second-order valence-corrected chi connectivity index (χ2v) is 24.6. The zero-order valence-electron chi connectivity index (χ0n) is 55.1. The summed E-state index contributed by atoms with van der Waals surface area (Å²) in [4.78, 5) is 13.1. The lowest BCUT2D eigenvalue weighted by Gasteiger charge is -2.40. The summed E-state index contributed by atoms with van der Waals surface area (Å²) < 4.78 is 11.3. The van der Waals surface area contributed by atoms with Crippen molar-refractivity contribution in [2.45, 2.75) is 365 Å². The van der Waals surface area contributed by atoms with Crippen molar-refractivity contribution in [3.63, 3.8) is 0 Å². The summed E-state index contributed by atoms with van der Waals surface area (Å²) in [6.45, 7) is 3.68. The third-order valence-electron chi connectivity index (χ3n) is 16.6. The van der Waals surface area contributed by atoms with Crippen molar-refractivity contribution < 1.29 is 39.8 Å². The molecule has 1 aliphatic heterocycles. The van der Waals surface area contributed by atoms with E-state index in [0.717, 1.165) is 89.9 Å². The Morgan fingerprint density at radius 1 is 0.412 bits per heavy atom. The van der Waals surface area contributed by atoms with E-state index in [0.29, 0.717) is 6.42 Å². The van der Waals surface area contributed by atoms with Crippen LogP contribution >= 0.6 is 0 Å². The van der Waals surface area contributed by atoms with E-state index >= 15 is 0 Å². The number of amides is 1. The molecule has 7 atom stereocenters. The lowest BCUT2D eigenvalue weighted by atomic mass is 9.99. The number of aliphatic hydroxyl groups is 5. The van der Waals surface area contributed by atoms with Crippen LogP contribution in [0, 0.1) is 0 Å². The van der Waals surface area contributed by atoms with Crippen molar-refractivity contribution in [2.75, 3.05) is 13.2 Å². The Balaban J connectivity index is 2.16. The van der Waals surface area contributed by atoms with Crippen LogP contribution in [0.1, 0.15) is 322 Å². The zero-order valence-corrected chi connectivity index (χ0v) is 55.1. The minimum absolute atomic E-state index is 0.192. The number of rotatable bonds is 62. The molecule has 1 amide bonds.